The lowest BCUT2D eigenvalue weighted by Gasteiger charge is -2.07. The van der Waals surface area contributed by atoms with E-state index in [0.717, 1.165) is 22.0 Å². The van der Waals surface area contributed by atoms with Crippen LogP contribution in [0, 0.1) is 12.7 Å². The highest BCUT2D eigenvalue weighted by atomic mass is 32.1. The summed E-state index contributed by atoms with van der Waals surface area (Å²) < 4.78 is 15.5. The molecule has 134 valence electrons. The Morgan fingerprint density at radius 3 is 2.63 bits per heavy atom. The molecule has 5 nitrogen and oxygen atoms in total. The molecule has 0 aliphatic heterocycles. The topological polar surface area (TPSA) is 59.8 Å². The largest absolute Gasteiger partial charge is 0.322 e. The molecule has 0 radical (unpaired) electrons. The highest BCUT2D eigenvalue weighted by Gasteiger charge is 2.12. The molecular weight excluding hydrogens is 363 g/mol. The van der Waals surface area contributed by atoms with E-state index in [0.29, 0.717) is 5.69 Å². The van der Waals surface area contributed by atoms with Gasteiger partial charge in [-0.25, -0.2) is 14.1 Å². The minimum Gasteiger partial charge on any atom is -0.322 e. The maximum absolute atomic E-state index is 13.7. The van der Waals surface area contributed by atoms with Gasteiger partial charge >= 0.3 is 0 Å². The predicted molar refractivity (Wildman–Crippen MR) is 104 cm³/mol. The average molecular weight is 378 g/mol. The number of amides is 1. The Labute approximate surface area is 159 Å². The molecule has 2 aromatic heterocycles. The van der Waals surface area contributed by atoms with Crippen molar-refractivity contribution in [2.24, 2.45) is 0 Å². The number of carbonyl (C=O) groups is 1. The molecule has 0 saturated carbocycles. The van der Waals surface area contributed by atoms with Gasteiger partial charge in [-0.05, 0) is 36.8 Å². The molecule has 0 unspecified atom stereocenters. The van der Waals surface area contributed by atoms with Crippen LogP contribution in [-0.2, 0) is 0 Å². The van der Waals surface area contributed by atoms with Crippen LogP contribution < -0.4 is 5.32 Å². The first-order valence-corrected chi connectivity index (χ1v) is 9.12. The van der Waals surface area contributed by atoms with Crippen molar-refractivity contribution in [3.05, 3.63) is 83.4 Å². The summed E-state index contributed by atoms with van der Waals surface area (Å²) in [6.45, 7) is 1.94. The third kappa shape index (κ3) is 3.50. The second kappa shape index (κ2) is 7.13. The number of anilines is 1. The standard InChI is InChI=1S/C20H15FN4OS/c1-13-17(12-25(24-13)20-22-10-11-27-20)14-6-8-15(9-7-14)23-19(26)16-4-2-3-5-18(16)21/h2-12H,1H3,(H,23,26). The van der Waals surface area contributed by atoms with Crippen molar-refractivity contribution in [3.63, 3.8) is 0 Å². The predicted octanol–water partition coefficient (Wildman–Crippen LogP) is 4.70. The Morgan fingerprint density at radius 1 is 1.15 bits per heavy atom. The molecule has 0 spiro atoms. The summed E-state index contributed by atoms with van der Waals surface area (Å²) in [7, 11) is 0. The van der Waals surface area contributed by atoms with Gasteiger partial charge in [0.25, 0.3) is 5.91 Å². The van der Waals surface area contributed by atoms with Gasteiger partial charge in [0, 0.05) is 29.0 Å². The highest BCUT2D eigenvalue weighted by molar-refractivity contribution is 7.12. The first-order chi connectivity index (χ1) is 13.1. The number of benzene rings is 2. The van der Waals surface area contributed by atoms with Crippen LogP contribution in [0.3, 0.4) is 0 Å². The van der Waals surface area contributed by atoms with Gasteiger partial charge in [-0.3, -0.25) is 4.79 Å². The van der Waals surface area contributed by atoms with Gasteiger partial charge in [-0.15, -0.1) is 11.3 Å². The Kier molecular flexibility index (Phi) is 4.52. The maximum Gasteiger partial charge on any atom is 0.258 e. The quantitative estimate of drug-likeness (QED) is 0.560. The maximum atomic E-state index is 13.7. The van der Waals surface area contributed by atoms with Gasteiger partial charge in [0.05, 0.1) is 11.3 Å². The number of thiazole rings is 1. The third-order valence-electron chi connectivity index (χ3n) is 4.09. The van der Waals surface area contributed by atoms with Crippen molar-refractivity contribution < 1.29 is 9.18 Å². The number of hydrogen-bond acceptors (Lipinski definition) is 4. The number of aryl methyl sites for hydroxylation is 1. The zero-order valence-electron chi connectivity index (χ0n) is 14.4. The van der Waals surface area contributed by atoms with Crippen LogP contribution in [0.25, 0.3) is 16.3 Å². The molecule has 0 fully saturated rings. The van der Waals surface area contributed by atoms with Crippen molar-refractivity contribution in [3.8, 4) is 16.3 Å². The minimum atomic E-state index is -0.545. The molecule has 4 rings (SSSR count). The molecule has 2 heterocycles. The lowest BCUT2D eigenvalue weighted by atomic mass is 10.1. The summed E-state index contributed by atoms with van der Waals surface area (Å²) in [6, 6.07) is 13.3. The molecule has 2 aromatic carbocycles. The summed E-state index contributed by atoms with van der Waals surface area (Å²) in [5.74, 6) is -1.02. The van der Waals surface area contributed by atoms with Crippen LogP contribution in [0.15, 0.2) is 66.3 Å². The Balaban J connectivity index is 1.55. The molecule has 0 aliphatic rings. The van der Waals surface area contributed by atoms with Crippen LogP contribution in [0.1, 0.15) is 16.1 Å². The van der Waals surface area contributed by atoms with Crippen LogP contribution in [0.2, 0.25) is 0 Å². The number of nitrogens with one attached hydrogen (secondary N) is 1. The Morgan fingerprint density at radius 2 is 1.93 bits per heavy atom. The normalized spacial score (nSPS) is 10.7. The molecule has 1 amide bonds. The molecule has 1 N–H and O–H groups in total. The van der Waals surface area contributed by atoms with Crippen LogP contribution in [-0.4, -0.2) is 20.7 Å². The number of carbonyl (C=O) groups excluding carboxylic acids is 1. The lowest BCUT2D eigenvalue weighted by molar-refractivity contribution is 0.102. The average Bonchev–Trinajstić information content (AvgIpc) is 3.32. The van der Waals surface area contributed by atoms with Gasteiger partial charge in [0.1, 0.15) is 5.82 Å². The number of rotatable bonds is 4. The fraction of sp³-hybridized carbons (Fsp3) is 0.0500. The van der Waals surface area contributed by atoms with E-state index in [9.17, 15) is 9.18 Å². The zero-order valence-corrected chi connectivity index (χ0v) is 15.2. The summed E-state index contributed by atoms with van der Waals surface area (Å²) in [4.78, 5) is 16.5. The Hall–Kier alpha value is -3.32. The smallest absolute Gasteiger partial charge is 0.258 e. The first kappa shape index (κ1) is 17.1. The zero-order chi connectivity index (χ0) is 18.8. The second-order valence-electron chi connectivity index (χ2n) is 5.90. The van der Waals surface area contributed by atoms with E-state index in [4.69, 9.17) is 0 Å². The molecule has 7 heteroatoms. The number of aromatic nitrogens is 3. The molecule has 0 atom stereocenters. The van der Waals surface area contributed by atoms with E-state index in [-0.39, 0.29) is 5.56 Å². The lowest BCUT2D eigenvalue weighted by Crippen LogP contribution is -2.13. The Bertz CT molecular complexity index is 1090. The number of halogens is 1. The monoisotopic (exact) mass is 378 g/mol. The van der Waals surface area contributed by atoms with Gasteiger partial charge < -0.3 is 5.32 Å². The van der Waals surface area contributed by atoms with E-state index >= 15 is 0 Å². The van der Waals surface area contributed by atoms with Crippen molar-refractivity contribution >= 4 is 22.9 Å². The molecule has 0 saturated heterocycles. The molecule has 4 aromatic rings. The number of hydrogen-bond donors (Lipinski definition) is 1. The van der Waals surface area contributed by atoms with Crippen molar-refractivity contribution in [2.75, 3.05) is 5.32 Å². The second-order valence-corrected chi connectivity index (χ2v) is 6.77. The summed E-state index contributed by atoms with van der Waals surface area (Å²) in [5, 5.41) is 9.92. The molecule has 0 bridgehead atoms. The van der Waals surface area contributed by atoms with Crippen molar-refractivity contribution in [1.29, 1.82) is 0 Å². The highest BCUT2D eigenvalue weighted by Crippen LogP contribution is 2.26. The SMILES string of the molecule is Cc1nn(-c2nccs2)cc1-c1ccc(NC(=O)c2ccccc2F)cc1. The van der Waals surface area contributed by atoms with Gasteiger partial charge in [0.2, 0.25) is 5.13 Å². The van der Waals surface area contributed by atoms with Gasteiger partial charge in [-0.2, -0.15) is 5.10 Å². The van der Waals surface area contributed by atoms with Crippen molar-refractivity contribution in [2.45, 2.75) is 6.92 Å². The van der Waals surface area contributed by atoms with Gasteiger partial charge in [-0.1, -0.05) is 24.3 Å². The minimum absolute atomic E-state index is 0.0159. The third-order valence-corrected chi connectivity index (χ3v) is 4.85. The first-order valence-electron chi connectivity index (χ1n) is 8.24. The fourth-order valence-electron chi connectivity index (χ4n) is 2.75. The number of nitrogens with zero attached hydrogens (tertiary/aromatic N) is 3. The summed E-state index contributed by atoms with van der Waals surface area (Å²) in [5.41, 5.74) is 3.45. The summed E-state index contributed by atoms with van der Waals surface area (Å²) in [6.07, 6.45) is 3.67. The van der Waals surface area contributed by atoms with E-state index in [1.165, 1.54) is 23.5 Å². The van der Waals surface area contributed by atoms with Crippen LogP contribution >= 0.6 is 11.3 Å². The van der Waals surface area contributed by atoms with Crippen LogP contribution in [0.4, 0.5) is 10.1 Å². The fourth-order valence-corrected chi connectivity index (χ4v) is 3.31. The van der Waals surface area contributed by atoms with E-state index in [1.807, 2.05) is 30.6 Å². The van der Waals surface area contributed by atoms with E-state index < -0.39 is 11.7 Å². The van der Waals surface area contributed by atoms with Gasteiger partial charge in [0.15, 0.2) is 0 Å². The summed E-state index contributed by atoms with van der Waals surface area (Å²) >= 11 is 1.51. The molecule has 0 aliphatic carbocycles. The molecular formula is C20H15FN4OS. The van der Waals surface area contributed by atoms with Crippen LogP contribution in [0.5, 0.6) is 0 Å². The van der Waals surface area contributed by atoms with E-state index in [1.54, 1.807) is 35.1 Å². The van der Waals surface area contributed by atoms with Crippen molar-refractivity contribution in [1.82, 2.24) is 14.8 Å². The van der Waals surface area contributed by atoms with E-state index in [2.05, 4.69) is 15.4 Å². The molecule has 27 heavy (non-hydrogen) atoms.